The summed E-state index contributed by atoms with van der Waals surface area (Å²) in [4.78, 5) is 24.9. The Balaban J connectivity index is 1.87. The molecule has 0 amide bonds. The van der Waals surface area contributed by atoms with Crippen LogP contribution in [0.3, 0.4) is 0 Å². The van der Waals surface area contributed by atoms with Crippen molar-refractivity contribution >= 4 is 39.8 Å². The van der Waals surface area contributed by atoms with E-state index in [4.69, 9.17) is 11.6 Å². The van der Waals surface area contributed by atoms with E-state index in [1.54, 1.807) is 44.2 Å². The Morgan fingerprint density at radius 3 is 2.62 bits per heavy atom. The fourth-order valence-corrected chi connectivity index (χ4v) is 4.24. The molecular formula is C23H20ClFN2O2. The van der Waals surface area contributed by atoms with Gasteiger partial charge in [0.1, 0.15) is 11.6 Å². The minimum atomic E-state index is -0.429. The molecule has 1 aliphatic carbocycles. The van der Waals surface area contributed by atoms with Gasteiger partial charge in [-0.05, 0) is 62.4 Å². The Labute approximate surface area is 173 Å². The number of aromatic nitrogens is 2. The molecule has 0 N–H and O–H groups in total. The molecule has 1 aromatic heterocycles. The zero-order valence-electron chi connectivity index (χ0n) is 16.2. The van der Waals surface area contributed by atoms with Crippen LogP contribution in [0.25, 0.3) is 16.5 Å². The van der Waals surface area contributed by atoms with Crippen LogP contribution in [0.2, 0.25) is 5.02 Å². The minimum absolute atomic E-state index is 0.00986. The summed E-state index contributed by atoms with van der Waals surface area (Å²) in [5.41, 5.74) is 2.80. The van der Waals surface area contributed by atoms with Crippen LogP contribution in [0.15, 0.2) is 42.5 Å². The lowest BCUT2D eigenvalue weighted by atomic mass is 9.85. The van der Waals surface area contributed by atoms with E-state index in [-0.39, 0.29) is 11.7 Å². The molecule has 2 aromatic carbocycles. The molecule has 1 atom stereocenters. The van der Waals surface area contributed by atoms with Crippen LogP contribution < -0.4 is 0 Å². The molecule has 4 rings (SSSR count). The maximum Gasteiger partial charge on any atom is 0.280 e. The lowest BCUT2D eigenvalue weighted by Crippen LogP contribution is -2.16. The van der Waals surface area contributed by atoms with E-state index in [2.05, 4.69) is 5.10 Å². The molecule has 0 saturated carbocycles. The number of aryl methyl sites for hydroxylation is 1. The van der Waals surface area contributed by atoms with Gasteiger partial charge in [0.2, 0.25) is 0 Å². The number of benzene rings is 2. The molecule has 0 aliphatic heterocycles. The SMILES string of the molecule is CC(=O)C1CC=C(c2nn(C(=O)c3c(C)cccc3Cl)c3cccc(F)c23)CC1. The highest BCUT2D eigenvalue weighted by molar-refractivity contribution is 6.34. The molecule has 0 bridgehead atoms. The molecule has 4 nitrogen and oxygen atoms in total. The van der Waals surface area contributed by atoms with Gasteiger partial charge >= 0.3 is 0 Å². The predicted molar refractivity (Wildman–Crippen MR) is 112 cm³/mol. The van der Waals surface area contributed by atoms with Gasteiger partial charge in [0, 0.05) is 5.92 Å². The van der Waals surface area contributed by atoms with Crippen molar-refractivity contribution in [2.45, 2.75) is 33.1 Å². The number of allylic oxidation sites excluding steroid dienone is 2. The summed E-state index contributed by atoms with van der Waals surface area (Å²) < 4.78 is 16.0. The minimum Gasteiger partial charge on any atom is -0.300 e. The molecular weight excluding hydrogens is 391 g/mol. The maximum atomic E-state index is 14.8. The van der Waals surface area contributed by atoms with Crippen LogP contribution in [0.1, 0.15) is 47.8 Å². The molecule has 29 heavy (non-hydrogen) atoms. The molecule has 0 spiro atoms. The highest BCUT2D eigenvalue weighted by Gasteiger charge is 2.26. The monoisotopic (exact) mass is 410 g/mol. The van der Waals surface area contributed by atoms with E-state index in [1.165, 1.54) is 10.7 Å². The average molecular weight is 411 g/mol. The molecule has 0 fully saturated rings. The van der Waals surface area contributed by atoms with E-state index in [1.807, 2.05) is 6.08 Å². The number of Topliss-reactive ketones (excluding diaryl/α,β-unsaturated/α-hetero) is 1. The number of hydrogen-bond acceptors (Lipinski definition) is 3. The van der Waals surface area contributed by atoms with Crippen LogP contribution >= 0.6 is 11.6 Å². The van der Waals surface area contributed by atoms with Gasteiger partial charge in [-0.25, -0.2) is 4.39 Å². The highest BCUT2D eigenvalue weighted by Crippen LogP contribution is 2.35. The third kappa shape index (κ3) is 3.40. The summed E-state index contributed by atoms with van der Waals surface area (Å²) in [7, 11) is 0. The van der Waals surface area contributed by atoms with E-state index < -0.39 is 11.7 Å². The second-order valence-corrected chi connectivity index (χ2v) is 7.85. The zero-order chi connectivity index (χ0) is 20.7. The number of fused-ring (bicyclic) bond motifs is 1. The Hall–Kier alpha value is -2.79. The zero-order valence-corrected chi connectivity index (χ0v) is 17.0. The van der Waals surface area contributed by atoms with Crippen molar-refractivity contribution in [2.24, 2.45) is 5.92 Å². The fraction of sp³-hybridized carbons (Fsp3) is 0.261. The first-order chi connectivity index (χ1) is 13.9. The van der Waals surface area contributed by atoms with Crippen molar-refractivity contribution in [3.05, 3.63) is 70.1 Å². The van der Waals surface area contributed by atoms with E-state index in [0.717, 1.165) is 11.1 Å². The van der Waals surface area contributed by atoms with E-state index >= 15 is 0 Å². The topological polar surface area (TPSA) is 52.0 Å². The summed E-state index contributed by atoms with van der Waals surface area (Å²) in [5.74, 6) is -0.675. The molecule has 1 aliphatic rings. The van der Waals surface area contributed by atoms with E-state index in [0.29, 0.717) is 46.4 Å². The maximum absolute atomic E-state index is 14.8. The lowest BCUT2D eigenvalue weighted by molar-refractivity contribution is -0.120. The Bertz CT molecular complexity index is 1160. The van der Waals surface area contributed by atoms with Gasteiger partial charge in [-0.2, -0.15) is 9.78 Å². The first-order valence-corrected chi connectivity index (χ1v) is 9.93. The second-order valence-electron chi connectivity index (χ2n) is 7.44. The molecule has 1 unspecified atom stereocenters. The molecule has 1 heterocycles. The number of carbonyl (C=O) groups is 2. The summed E-state index contributed by atoms with van der Waals surface area (Å²) in [6, 6.07) is 9.84. The average Bonchev–Trinajstić information content (AvgIpc) is 3.09. The third-order valence-electron chi connectivity index (χ3n) is 5.57. The molecule has 6 heteroatoms. The number of halogens is 2. The van der Waals surface area contributed by atoms with Crippen LogP contribution in [0.5, 0.6) is 0 Å². The lowest BCUT2D eigenvalue weighted by Gasteiger charge is -2.18. The van der Waals surface area contributed by atoms with Crippen molar-refractivity contribution in [1.82, 2.24) is 9.78 Å². The molecule has 3 aromatic rings. The van der Waals surface area contributed by atoms with Gasteiger partial charge in [0.25, 0.3) is 5.91 Å². The summed E-state index contributed by atoms with van der Waals surface area (Å²) in [6.45, 7) is 3.40. The molecule has 148 valence electrons. The van der Waals surface area contributed by atoms with E-state index in [9.17, 15) is 14.0 Å². The number of ketones is 1. The Morgan fingerprint density at radius 2 is 1.97 bits per heavy atom. The Kier molecular flexibility index (Phi) is 5.09. The number of nitrogens with zero attached hydrogens (tertiary/aromatic N) is 2. The van der Waals surface area contributed by atoms with Crippen molar-refractivity contribution in [3.8, 4) is 0 Å². The second kappa shape index (κ2) is 7.56. The van der Waals surface area contributed by atoms with Gasteiger partial charge in [-0.3, -0.25) is 9.59 Å². The van der Waals surface area contributed by atoms with Gasteiger partial charge in [0.05, 0.1) is 27.2 Å². The van der Waals surface area contributed by atoms with Gasteiger partial charge < -0.3 is 0 Å². The van der Waals surface area contributed by atoms with Crippen molar-refractivity contribution in [2.75, 3.05) is 0 Å². The standard InChI is InChI=1S/C23H20ClFN2O2/c1-13-5-3-6-17(24)20(13)23(29)27-19-8-4-7-18(25)21(19)22(26-27)16-11-9-15(10-12-16)14(2)28/h3-8,11,15H,9-10,12H2,1-2H3. The number of hydrogen-bond donors (Lipinski definition) is 0. The predicted octanol–water partition coefficient (Wildman–Crippen LogP) is 5.60. The van der Waals surface area contributed by atoms with Crippen molar-refractivity contribution < 1.29 is 14.0 Å². The summed E-state index contributed by atoms with van der Waals surface area (Å²) in [6.07, 6.45) is 3.86. The van der Waals surface area contributed by atoms with Crippen LogP contribution in [-0.4, -0.2) is 21.5 Å². The van der Waals surface area contributed by atoms with Crippen LogP contribution in [0, 0.1) is 18.7 Å². The van der Waals surface area contributed by atoms with Gasteiger partial charge in [-0.1, -0.05) is 35.9 Å². The van der Waals surface area contributed by atoms with Gasteiger partial charge in [0.15, 0.2) is 0 Å². The Morgan fingerprint density at radius 1 is 1.21 bits per heavy atom. The fourth-order valence-electron chi connectivity index (χ4n) is 3.93. The van der Waals surface area contributed by atoms with Crippen LogP contribution in [0.4, 0.5) is 4.39 Å². The summed E-state index contributed by atoms with van der Waals surface area (Å²) >= 11 is 6.28. The van der Waals surface area contributed by atoms with Gasteiger partial charge in [-0.15, -0.1) is 0 Å². The number of carbonyl (C=O) groups excluding carboxylic acids is 2. The molecule has 0 saturated heterocycles. The smallest absolute Gasteiger partial charge is 0.280 e. The first-order valence-electron chi connectivity index (χ1n) is 9.55. The van der Waals surface area contributed by atoms with Crippen molar-refractivity contribution in [3.63, 3.8) is 0 Å². The van der Waals surface area contributed by atoms with Crippen molar-refractivity contribution in [1.29, 1.82) is 0 Å². The highest BCUT2D eigenvalue weighted by atomic mass is 35.5. The molecule has 0 radical (unpaired) electrons. The third-order valence-corrected chi connectivity index (χ3v) is 5.89. The largest absolute Gasteiger partial charge is 0.300 e. The quantitative estimate of drug-likeness (QED) is 0.564. The normalized spacial score (nSPS) is 16.7. The number of rotatable bonds is 3. The summed E-state index contributed by atoms with van der Waals surface area (Å²) in [5, 5.41) is 5.17. The van der Waals surface area contributed by atoms with Crippen LogP contribution in [-0.2, 0) is 4.79 Å². The first kappa shape index (κ1) is 19.5.